The van der Waals surface area contributed by atoms with Crippen molar-refractivity contribution in [3.8, 4) is 57.8 Å². The number of amides is 3. The number of methoxy groups -OCH3 is 4. The Bertz CT molecular complexity index is 6930. The number of nitrogens with two attached hydrogens (primary N) is 2. The zero-order valence-electron chi connectivity index (χ0n) is 77.4. The number of nitrogens with one attached hydrogen (secondary N) is 8. The summed E-state index contributed by atoms with van der Waals surface area (Å²) in [5.41, 5.74) is 21.8. The average molecular weight is 1930 g/mol. The lowest BCUT2D eigenvalue weighted by molar-refractivity contribution is -0.201. The molecule has 6 heterocycles. The van der Waals surface area contributed by atoms with Gasteiger partial charge in [0.05, 0.1) is 109 Å². The number of halogens is 4. The van der Waals surface area contributed by atoms with Crippen LogP contribution in [0, 0.1) is 16.1 Å². The summed E-state index contributed by atoms with van der Waals surface area (Å²) in [6.45, 7) is 11.1. The number of H-pyrrole nitrogens is 5. The van der Waals surface area contributed by atoms with Gasteiger partial charge in [0.2, 0.25) is 4.77 Å². The van der Waals surface area contributed by atoms with E-state index in [0.29, 0.717) is 152 Å². The molecule has 0 fully saturated rings. The number of ether oxygens (including phenoxy) is 8. The molecule has 0 aliphatic heterocycles. The van der Waals surface area contributed by atoms with Crippen molar-refractivity contribution in [2.75, 3.05) is 67.5 Å². The smallest absolute Gasteiger partial charge is 0.491 e. The number of phenolic OH excluding ortho intramolecular Hbond substituents is 2. The SMILES string of the molecule is CC(=O)OC(=O)C(F)(F)F.CCCN.CCCNC(=O)c1c[nH]c2c(O)cccc12.CCCNC(=O)c1c[nH]c2c(OCc3ccccc3)cccc12.COc1cc(C#N)c(N=C=S)cc1OC.COc1cc2nc(=S)n(CCNC(=O)c3c[nH]c4c(O)cccc34)c(N)c2cc1OC.O=C(O)c1c[nH]c2c(OCc3ccccc3)cccc12.[2H]CF.c1ccc(COc2cccc3cc[nH]c23)cc1. The summed E-state index contributed by atoms with van der Waals surface area (Å²) in [5, 5.41) is 53.0. The Morgan fingerprint density at radius 3 is 1.32 bits per heavy atom. The highest BCUT2D eigenvalue weighted by Gasteiger charge is 2.42. The fourth-order valence-corrected chi connectivity index (χ4v) is 13.4. The third-order valence-electron chi connectivity index (χ3n) is 19.7. The van der Waals surface area contributed by atoms with Crippen molar-refractivity contribution in [2.45, 2.75) is 79.5 Å². The molecule has 0 aliphatic rings. The predicted octanol–water partition coefficient (Wildman–Crippen LogP) is 20.0. The molecule has 720 valence electrons. The van der Waals surface area contributed by atoms with Crippen LogP contribution in [0.1, 0.15) is 112 Å². The number of thiocarbonyl (C=S) groups is 1. The quantitative estimate of drug-likeness (QED) is 0.00787. The molecule has 15 N–H and O–H groups in total. The minimum Gasteiger partial charge on any atom is -0.506 e. The number of esters is 2. The highest BCUT2D eigenvalue weighted by atomic mass is 32.1. The Morgan fingerprint density at radius 2 is 0.913 bits per heavy atom. The Labute approximate surface area is 802 Å². The van der Waals surface area contributed by atoms with Crippen LogP contribution in [0.4, 0.5) is 29.1 Å². The second-order valence-electron chi connectivity index (χ2n) is 29.0. The van der Waals surface area contributed by atoms with Gasteiger partial charge < -0.3 is 110 Å². The van der Waals surface area contributed by atoms with E-state index < -0.39 is 31.2 Å². The molecule has 3 amide bonds. The number of isothiocyanates is 1. The lowest BCUT2D eigenvalue weighted by atomic mass is 10.1. The number of nitriles is 1. The first-order chi connectivity index (χ1) is 67.1. The molecule has 0 unspecified atom stereocenters. The number of rotatable bonds is 26. The molecule has 37 heteroatoms. The van der Waals surface area contributed by atoms with Crippen LogP contribution >= 0.6 is 24.4 Å². The van der Waals surface area contributed by atoms with E-state index in [-0.39, 0.29) is 41.3 Å². The molecule has 0 atom stereocenters. The van der Waals surface area contributed by atoms with Crippen molar-refractivity contribution in [3.05, 3.63) is 293 Å². The van der Waals surface area contributed by atoms with Crippen LogP contribution in [0.25, 0.3) is 65.4 Å². The number of carbonyl (C=O) groups is 6. The second-order valence-corrected chi connectivity index (χ2v) is 29.6. The zero-order chi connectivity index (χ0) is 101. The average Bonchev–Trinajstić information content (AvgIpc) is 1.73. The van der Waals surface area contributed by atoms with Gasteiger partial charge in [0.15, 0.2) is 23.0 Å². The standard InChI is InChI=1S/C21H21N5O4S.C19H20N2O2.C16H13NO3.C15H13NO.C12H14N2O2.C10H8N2O2S.C4H3F3O3.C3H9N.CH3F/c1-29-16-8-12-14(9-17(16)30-2)25-21(31)26(19(12)22)7-6-23-20(28)13-10-24-18-11(13)4-3-5-15(18)27;1-2-11-20-19(22)16-12-21-18-15(16)9-6-10-17(18)23-13-14-7-4-3-5-8-14;18-16(19)13-9-17-15-12(13)7-4-8-14(15)20-10-11-5-2-1-3-6-11;1-2-5-12(6-3-1)11-17-14-8-4-7-13-9-10-16-15(13)14;1-2-6-13-12(16)9-7-14-11-8(9)4-3-5-10(11)15;1-13-9-3-7(5-11)8(12-6-15)4-10(9)14-2;1-2(8)10-3(9)4(5,6)7;1-2-3-4;1-2/h3-5,8-10,24,27H,6-7,22H2,1-2H3,(H,23,28);3-10,12,21H,2,11,13H2,1H3,(H,20,22);1-9,17H,10H2,(H,18,19);1-10,16H,11H2;3-5,7,14-15H,2,6H2,1H3,(H,13,16);3-4H,1-2H3;1H3;2-4H2,1H3;1H3/i;;;;;;;;1D. The maximum atomic E-state index is 12.6. The number of nitrogen functional groups attached to an aromatic ring is 1. The number of nitrogens with zero attached hydrogens (tertiary/aromatic N) is 4. The number of aromatic nitrogens is 7. The Balaban J connectivity index is 0.000000201. The number of phenols is 2. The summed E-state index contributed by atoms with van der Waals surface area (Å²) in [6, 6.07) is 68.0. The molecular weight excluding hydrogens is 1820 g/mol. The third-order valence-corrected chi connectivity index (χ3v) is 20.1. The Kier molecular flexibility index (Phi) is 41.6. The molecule has 16 rings (SSSR count). The first kappa shape index (κ1) is 105. The van der Waals surface area contributed by atoms with Gasteiger partial charge in [-0.3, -0.25) is 23.6 Å². The highest BCUT2D eigenvalue weighted by Crippen LogP contribution is 2.38. The van der Waals surface area contributed by atoms with Gasteiger partial charge in [0.25, 0.3) is 17.7 Å². The van der Waals surface area contributed by atoms with Crippen LogP contribution in [0.2, 0.25) is 0 Å². The van der Waals surface area contributed by atoms with Crippen molar-refractivity contribution in [1.29, 1.82) is 5.26 Å². The maximum absolute atomic E-state index is 12.6. The van der Waals surface area contributed by atoms with Crippen molar-refractivity contribution in [1.82, 2.24) is 50.4 Å². The van der Waals surface area contributed by atoms with Crippen molar-refractivity contribution >= 4 is 142 Å². The lowest BCUT2D eigenvalue weighted by Crippen LogP contribution is -2.28. The fraction of sp³-hybridized carbons (Fsp3) is 0.208. The fourth-order valence-electron chi connectivity index (χ4n) is 13.0. The highest BCUT2D eigenvalue weighted by molar-refractivity contribution is 7.78. The minimum atomic E-state index is -5.09. The number of carboxylic acids is 1. The number of aromatic amines is 5. The van der Waals surface area contributed by atoms with Gasteiger partial charge in [-0.2, -0.15) is 23.4 Å². The van der Waals surface area contributed by atoms with E-state index in [1.165, 1.54) is 31.4 Å². The first-order valence-electron chi connectivity index (χ1n) is 43.2. The number of hydrogen-bond acceptors (Lipinski definition) is 23. The second kappa shape index (κ2) is 54.6. The normalized spacial score (nSPS) is 10.4. The number of anilines is 1. The van der Waals surface area contributed by atoms with Crippen LogP contribution in [0.5, 0.6) is 51.7 Å². The number of para-hydroxylation sites is 5. The molecule has 138 heavy (non-hydrogen) atoms. The number of alkyl halides is 4. The maximum Gasteiger partial charge on any atom is 0.491 e. The summed E-state index contributed by atoms with van der Waals surface area (Å²) >= 11 is 9.88. The number of aromatic carboxylic acids is 1. The van der Waals surface area contributed by atoms with Gasteiger partial charge in [-0.15, -0.1) is 0 Å². The van der Waals surface area contributed by atoms with Gasteiger partial charge in [-0.1, -0.05) is 172 Å². The van der Waals surface area contributed by atoms with Gasteiger partial charge in [-0.25, -0.2) is 14.6 Å². The molecule has 31 nitrogen and oxygen atoms in total. The molecule has 0 radical (unpaired) electrons. The molecule has 0 saturated heterocycles. The van der Waals surface area contributed by atoms with E-state index in [2.05, 4.69) is 98.1 Å². The van der Waals surface area contributed by atoms with Gasteiger partial charge in [0.1, 0.15) is 60.5 Å². The number of aromatic hydroxyl groups is 2. The number of carboxylic acid groups (broad SMARTS) is 1. The lowest BCUT2D eigenvalue weighted by Gasteiger charge is -2.15. The summed E-state index contributed by atoms with van der Waals surface area (Å²) in [7, 11) is 5.10. The number of benzene rings is 10. The summed E-state index contributed by atoms with van der Waals surface area (Å²) in [6.07, 6.45) is 6.17. The summed E-state index contributed by atoms with van der Waals surface area (Å²) in [4.78, 5) is 90.5. The molecular formula is C101H104F4N14O17S2. The van der Waals surface area contributed by atoms with Gasteiger partial charge >= 0.3 is 24.1 Å². The zero-order valence-corrected chi connectivity index (χ0v) is 78.0. The topological polar surface area (TPSA) is 458 Å². The number of aliphatic imine (C=N–C) groups is 1. The molecule has 0 spiro atoms. The van der Waals surface area contributed by atoms with E-state index in [4.69, 9.17) is 68.6 Å². The van der Waals surface area contributed by atoms with Crippen LogP contribution < -0.4 is 60.6 Å². The van der Waals surface area contributed by atoms with E-state index in [1.807, 2.05) is 154 Å². The van der Waals surface area contributed by atoms with Crippen molar-refractivity contribution in [2.24, 2.45) is 10.7 Å². The molecule has 0 saturated carbocycles. The van der Waals surface area contributed by atoms with Crippen LogP contribution in [-0.2, 0) is 40.7 Å². The predicted molar refractivity (Wildman–Crippen MR) is 528 cm³/mol. The monoisotopic (exact) mass is 1930 g/mol. The molecule has 16 aromatic rings. The van der Waals surface area contributed by atoms with E-state index in [0.717, 1.165) is 70.2 Å². The van der Waals surface area contributed by atoms with Crippen molar-refractivity contribution < 1.29 is 101 Å². The van der Waals surface area contributed by atoms with Crippen LogP contribution in [-0.4, -0.2) is 159 Å². The third kappa shape index (κ3) is 30.0. The van der Waals surface area contributed by atoms with Gasteiger partial charge in [-0.05, 0) is 109 Å². The van der Waals surface area contributed by atoms with E-state index >= 15 is 0 Å². The van der Waals surface area contributed by atoms with Crippen LogP contribution in [0.15, 0.2) is 248 Å². The van der Waals surface area contributed by atoms with E-state index in [9.17, 15) is 56.5 Å². The Morgan fingerprint density at radius 1 is 0.522 bits per heavy atom. The molecule has 10 aromatic carbocycles. The van der Waals surface area contributed by atoms with Crippen molar-refractivity contribution in [3.63, 3.8) is 0 Å². The molecule has 0 bridgehead atoms. The summed E-state index contributed by atoms with van der Waals surface area (Å²) in [5.74, 6) is -0.139. The van der Waals surface area contributed by atoms with Crippen LogP contribution in [0.3, 0.4) is 0 Å². The van der Waals surface area contributed by atoms with Gasteiger partial charge in [0, 0.05) is 115 Å². The summed E-state index contributed by atoms with van der Waals surface area (Å²) < 4.78 is 92.5. The number of fused-ring (bicyclic) bond motifs is 6. The molecule has 6 aromatic heterocycles. The number of hydrogen-bond donors (Lipinski definition) is 13. The molecule has 0 aliphatic carbocycles. The Hall–Kier alpha value is -16.6. The first-order valence-corrected chi connectivity index (χ1v) is 43.3. The minimum absolute atomic E-state index is 0.0571. The number of carbonyl (C=O) groups excluding carboxylic acids is 5. The largest absolute Gasteiger partial charge is 0.506 e. The van der Waals surface area contributed by atoms with E-state index in [1.54, 1.807) is 104 Å².